The molecule has 2 N–H and O–H groups in total. The van der Waals surface area contributed by atoms with Gasteiger partial charge in [-0.2, -0.15) is 0 Å². The van der Waals surface area contributed by atoms with Gasteiger partial charge in [0.25, 0.3) is 0 Å². The third-order valence-electron chi connectivity index (χ3n) is 6.03. The molecular formula is C26H49N3O4. The Labute approximate surface area is 201 Å². The van der Waals surface area contributed by atoms with Crippen molar-refractivity contribution < 1.29 is 19.1 Å². The molecule has 0 aromatic carbocycles. The molecule has 1 fully saturated rings. The molecule has 1 saturated heterocycles. The van der Waals surface area contributed by atoms with Gasteiger partial charge < -0.3 is 20.3 Å². The summed E-state index contributed by atoms with van der Waals surface area (Å²) in [7, 11) is 0. The van der Waals surface area contributed by atoms with Crippen LogP contribution in [0.15, 0.2) is 0 Å². The Morgan fingerprint density at radius 3 is 1.85 bits per heavy atom. The van der Waals surface area contributed by atoms with E-state index in [-0.39, 0.29) is 24.9 Å². The second-order valence-corrected chi connectivity index (χ2v) is 10.5. The van der Waals surface area contributed by atoms with E-state index in [1.807, 2.05) is 20.8 Å². The number of likely N-dealkylation sites (tertiary alicyclic amines) is 1. The van der Waals surface area contributed by atoms with Crippen LogP contribution in [0.5, 0.6) is 0 Å². The number of hydrogen-bond donors (Lipinski definition) is 2. The second kappa shape index (κ2) is 15.9. The van der Waals surface area contributed by atoms with E-state index in [1.54, 1.807) is 0 Å². The van der Waals surface area contributed by atoms with Crippen molar-refractivity contribution >= 4 is 17.9 Å². The lowest BCUT2D eigenvalue weighted by Crippen LogP contribution is -2.45. The fourth-order valence-electron chi connectivity index (χ4n) is 4.26. The predicted molar refractivity (Wildman–Crippen MR) is 133 cm³/mol. The molecule has 1 aliphatic rings. The minimum atomic E-state index is -0.602. The zero-order valence-corrected chi connectivity index (χ0v) is 21.8. The lowest BCUT2D eigenvalue weighted by atomic mass is 10.0. The van der Waals surface area contributed by atoms with Crippen LogP contribution >= 0.6 is 0 Å². The number of unbranched alkanes of at least 4 members (excludes halogenated alkanes) is 11. The van der Waals surface area contributed by atoms with E-state index in [0.717, 1.165) is 12.8 Å². The molecule has 0 saturated carbocycles. The van der Waals surface area contributed by atoms with Gasteiger partial charge in [0.05, 0.1) is 12.0 Å². The standard InChI is InChI=1S/C26H49N3O4/c1-6-7-8-9-10-11-12-13-14-15-16-17-18-27-24(31)22-19-29(20-23(22)28-21(2)30)25(32)33-26(3,4)5/h22-23H,6-20H2,1-5H3,(H,27,31)(H,28,30)/t22-,23-/m1/s1. The Balaban J connectivity index is 2.24. The molecule has 1 rings (SSSR count). The van der Waals surface area contributed by atoms with Gasteiger partial charge >= 0.3 is 6.09 Å². The molecule has 2 atom stereocenters. The minimum Gasteiger partial charge on any atom is -0.444 e. The minimum absolute atomic E-state index is 0.108. The lowest BCUT2D eigenvalue weighted by Gasteiger charge is -2.24. The van der Waals surface area contributed by atoms with E-state index in [4.69, 9.17) is 4.74 Å². The number of ether oxygens (including phenoxy) is 1. The first-order chi connectivity index (χ1) is 15.6. The van der Waals surface area contributed by atoms with Crippen LogP contribution in [-0.2, 0) is 14.3 Å². The molecule has 0 spiro atoms. The van der Waals surface area contributed by atoms with Crippen molar-refractivity contribution in [3.63, 3.8) is 0 Å². The van der Waals surface area contributed by atoms with Crippen LogP contribution in [0.1, 0.15) is 112 Å². The maximum Gasteiger partial charge on any atom is 0.410 e. The summed E-state index contributed by atoms with van der Waals surface area (Å²) < 4.78 is 5.43. The van der Waals surface area contributed by atoms with Gasteiger partial charge in [-0.15, -0.1) is 0 Å². The van der Waals surface area contributed by atoms with Crippen molar-refractivity contribution in [2.24, 2.45) is 5.92 Å². The lowest BCUT2D eigenvalue weighted by molar-refractivity contribution is -0.125. The highest BCUT2D eigenvalue weighted by atomic mass is 16.6. The Kier molecular flexibility index (Phi) is 14.1. The molecule has 0 aliphatic carbocycles. The molecule has 33 heavy (non-hydrogen) atoms. The number of carbonyl (C=O) groups excluding carboxylic acids is 3. The van der Waals surface area contributed by atoms with Gasteiger partial charge in [-0.3, -0.25) is 9.59 Å². The Morgan fingerprint density at radius 2 is 1.36 bits per heavy atom. The molecule has 0 unspecified atom stereocenters. The highest BCUT2D eigenvalue weighted by Crippen LogP contribution is 2.21. The van der Waals surface area contributed by atoms with Crippen LogP contribution in [0, 0.1) is 5.92 Å². The van der Waals surface area contributed by atoms with Gasteiger partial charge in [0, 0.05) is 26.6 Å². The van der Waals surface area contributed by atoms with Gasteiger partial charge in [0.2, 0.25) is 11.8 Å². The summed E-state index contributed by atoms with van der Waals surface area (Å²) >= 11 is 0. The first-order valence-corrected chi connectivity index (χ1v) is 13.2. The van der Waals surface area contributed by atoms with E-state index in [1.165, 1.54) is 76.0 Å². The number of amides is 3. The smallest absolute Gasteiger partial charge is 0.410 e. The topological polar surface area (TPSA) is 87.7 Å². The van der Waals surface area contributed by atoms with E-state index >= 15 is 0 Å². The third kappa shape index (κ3) is 13.5. The van der Waals surface area contributed by atoms with Crippen LogP contribution in [0.25, 0.3) is 0 Å². The Bertz CT molecular complexity index is 589. The highest BCUT2D eigenvalue weighted by Gasteiger charge is 2.41. The summed E-state index contributed by atoms with van der Waals surface area (Å²) in [6.07, 6.45) is 14.9. The fraction of sp³-hybridized carbons (Fsp3) is 0.885. The maximum atomic E-state index is 12.8. The van der Waals surface area contributed by atoms with Crippen LogP contribution in [0.3, 0.4) is 0 Å². The van der Waals surface area contributed by atoms with E-state index in [0.29, 0.717) is 6.54 Å². The molecule has 0 aromatic heterocycles. The van der Waals surface area contributed by atoms with E-state index in [2.05, 4.69) is 17.6 Å². The summed E-state index contributed by atoms with van der Waals surface area (Å²) in [5.74, 6) is -0.772. The predicted octanol–water partition coefficient (Wildman–Crippen LogP) is 5.18. The van der Waals surface area contributed by atoms with Crippen molar-refractivity contribution in [3.05, 3.63) is 0 Å². The Morgan fingerprint density at radius 1 is 0.848 bits per heavy atom. The largest absolute Gasteiger partial charge is 0.444 e. The zero-order chi connectivity index (χ0) is 24.7. The molecule has 7 nitrogen and oxygen atoms in total. The molecule has 1 aliphatic heterocycles. The normalized spacial score (nSPS) is 18.3. The number of carbonyl (C=O) groups is 3. The number of nitrogens with one attached hydrogen (secondary N) is 2. The first-order valence-electron chi connectivity index (χ1n) is 13.2. The van der Waals surface area contributed by atoms with Gasteiger partial charge in [-0.25, -0.2) is 4.79 Å². The van der Waals surface area contributed by atoms with Gasteiger partial charge in [-0.05, 0) is 27.2 Å². The monoisotopic (exact) mass is 467 g/mol. The molecule has 0 bridgehead atoms. The molecule has 3 amide bonds. The summed E-state index contributed by atoms with van der Waals surface area (Å²) in [5, 5.41) is 5.82. The van der Waals surface area contributed by atoms with Crippen molar-refractivity contribution in [1.82, 2.24) is 15.5 Å². The summed E-state index contributed by atoms with van der Waals surface area (Å²) in [6, 6.07) is -0.392. The first kappa shape index (κ1) is 29.2. The SMILES string of the molecule is CCCCCCCCCCCCCCNC(=O)[C@@H]1CN(C(=O)OC(C)(C)C)C[C@H]1NC(C)=O. The van der Waals surface area contributed by atoms with Gasteiger partial charge in [0.1, 0.15) is 5.60 Å². The van der Waals surface area contributed by atoms with Crippen molar-refractivity contribution in [3.8, 4) is 0 Å². The summed E-state index contributed by atoms with van der Waals surface area (Å²) in [4.78, 5) is 38.3. The quantitative estimate of drug-likeness (QED) is 0.325. The molecule has 1 heterocycles. The third-order valence-corrected chi connectivity index (χ3v) is 6.03. The summed E-state index contributed by atoms with van der Waals surface area (Å²) in [5.41, 5.74) is -0.602. The van der Waals surface area contributed by atoms with Crippen LogP contribution in [0.4, 0.5) is 4.79 Å². The van der Waals surface area contributed by atoms with E-state index < -0.39 is 23.7 Å². The van der Waals surface area contributed by atoms with Crippen LogP contribution in [0.2, 0.25) is 0 Å². The molecule has 192 valence electrons. The van der Waals surface area contributed by atoms with Gasteiger partial charge in [-0.1, -0.05) is 77.6 Å². The maximum absolute atomic E-state index is 12.8. The average molecular weight is 468 g/mol. The van der Waals surface area contributed by atoms with Crippen molar-refractivity contribution in [2.45, 2.75) is 123 Å². The molecule has 0 aromatic rings. The fourth-order valence-corrected chi connectivity index (χ4v) is 4.26. The van der Waals surface area contributed by atoms with Crippen molar-refractivity contribution in [1.29, 1.82) is 0 Å². The molecule has 0 radical (unpaired) electrons. The van der Waals surface area contributed by atoms with Crippen LogP contribution < -0.4 is 10.6 Å². The zero-order valence-electron chi connectivity index (χ0n) is 21.8. The van der Waals surface area contributed by atoms with E-state index in [9.17, 15) is 14.4 Å². The van der Waals surface area contributed by atoms with Gasteiger partial charge in [0.15, 0.2) is 0 Å². The molecular weight excluding hydrogens is 418 g/mol. The number of rotatable bonds is 15. The number of hydrogen-bond acceptors (Lipinski definition) is 4. The number of nitrogens with zero attached hydrogens (tertiary/aromatic N) is 1. The van der Waals surface area contributed by atoms with Crippen molar-refractivity contribution in [2.75, 3.05) is 19.6 Å². The summed E-state index contributed by atoms with van der Waals surface area (Å²) in [6.45, 7) is 10.3. The second-order valence-electron chi connectivity index (χ2n) is 10.5. The molecule has 7 heteroatoms. The van der Waals surface area contributed by atoms with Crippen LogP contribution in [-0.4, -0.2) is 54.1 Å². The average Bonchev–Trinajstić information content (AvgIpc) is 3.13. The Hall–Kier alpha value is -1.79. The highest BCUT2D eigenvalue weighted by molar-refractivity contribution is 5.83.